The number of hydrogen-bond acceptors (Lipinski definition) is 7. The Balaban J connectivity index is 2.19. The number of nitrogens with one attached hydrogen (secondary N) is 1. The summed E-state index contributed by atoms with van der Waals surface area (Å²) in [5.41, 5.74) is -0.143. The van der Waals surface area contributed by atoms with Crippen molar-refractivity contribution in [2.75, 3.05) is 0 Å². The summed E-state index contributed by atoms with van der Waals surface area (Å²) in [4.78, 5) is 22.6. The molecular weight excluding hydrogens is 411 g/mol. The third-order valence-electron chi connectivity index (χ3n) is 3.96. The van der Waals surface area contributed by atoms with E-state index in [9.17, 15) is 19.5 Å². The molecule has 0 spiro atoms. The fourth-order valence-electron chi connectivity index (χ4n) is 2.51. The number of nitrogens with zero attached hydrogens (tertiary/aromatic N) is 1. The molecule has 10 heteroatoms. The number of hydrogen-bond donors (Lipinski definition) is 1. The highest BCUT2D eigenvalue weighted by Crippen LogP contribution is 2.45. The van der Waals surface area contributed by atoms with Gasteiger partial charge in [-0.3, -0.25) is 14.9 Å². The van der Waals surface area contributed by atoms with Gasteiger partial charge < -0.3 is 13.8 Å². The minimum Gasteiger partial charge on any atom is -0.462 e. The molecule has 0 saturated heterocycles. The van der Waals surface area contributed by atoms with Crippen molar-refractivity contribution in [3.63, 3.8) is 0 Å². The third-order valence-corrected chi connectivity index (χ3v) is 5.57. The van der Waals surface area contributed by atoms with Crippen LogP contribution in [0.15, 0.2) is 54.6 Å². The van der Waals surface area contributed by atoms with E-state index in [-0.39, 0.29) is 23.3 Å². The summed E-state index contributed by atoms with van der Waals surface area (Å²) in [6.45, 7) is 5.24. The molecule has 1 N–H and O–H groups in total. The molecule has 0 bridgehead atoms. The molecule has 30 heavy (non-hydrogen) atoms. The maximum absolute atomic E-state index is 13.4. The van der Waals surface area contributed by atoms with Crippen LogP contribution in [-0.4, -0.2) is 23.0 Å². The highest BCUT2D eigenvalue weighted by atomic mass is 31.2. The predicted octanol–water partition coefficient (Wildman–Crippen LogP) is 4.87. The molecule has 1 unspecified atom stereocenters. The van der Waals surface area contributed by atoms with Crippen molar-refractivity contribution in [1.29, 1.82) is 0 Å². The van der Waals surface area contributed by atoms with Crippen LogP contribution in [0.5, 0.6) is 11.5 Å². The lowest BCUT2D eigenvalue weighted by Crippen LogP contribution is -2.37. The maximum atomic E-state index is 13.4. The molecule has 2 aromatic carbocycles. The number of esters is 1. The summed E-state index contributed by atoms with van der Waals surface area (Å²) >= 11 is 0. The molecule has 0 fully saturated rings. The van der Waals surface area contributed by atoms with Gasteiger partial charge in [-0.15, -0.1) is 0 Å². The molecule has 0 aliphatic carbocycles. The van der Waals surface area contributed by atoms with Crippen molar-refractivity contribution >= 4 is 19.4 Å². The predicted molar refractivity (Wildman–Crippen MR) is 111 cm³/mol. The Morgan fingerprint density at radius 3 is 2.17 bits per heavy atom. The van der Waals surface area contributed by atoms with Crippen molar-refractivity contribution < 1.29 is 28.1 Å². The smallest absolute Gasteiger partial charge is 0.462 e. The average molecular weight is 436 g/mol. The first kappa shape index (κ1) is 23.4. The average Bonchev–Trinajstić information content (AvgIpc) is 2.69. The van der Waals surface area contributed by atoms with E-state index in [1.807, 2.05) is 6.92 Å². The highest BCUT2D eigenvalue weighted by Gasteiger charge is 2.34. The van der Waals surface area contributed by atoms with E-state index in [2.05, 4.69) is 5.09 Å². The van der Waals surface area contributed by atoms with Crippen LogP contribution in [0.4, 0.5) is 5.69 Å². The lowest BCUT2D eigenvalue weighted by molar-refractivity contribution is -0.384. The fraction of sp³-hybridized carbons (Fsp3) is 0.350. The molecule has 0 radical (unpaired) electrons. The topological polar surface area (TPSA) is 117 Å². The van der Waals surface area contributed by atoms with Gasteiger partial charge >= 0.3 is 13.7 Å². The molecule has 0 aromatic heterocycles. The Morgan fingerprint density at radius 1 is 1.07 bits per heavy atom. The number of ether oxygens (including phenoxy) is 1. The molecule has 0 saturated carbocycles. The van der Waals surface area contributed by atoms with Gasteiger partial charge in [-0.2, -0.15) is 5.09 Å². The number of rotatable bonds is 11. The third kappa shape index (κ3) is 7.17. The maximum Gasteiger partial charge on any atom is 0.513 e. The number of carbonyl (C=O) groups excluding carboxylic acids is 1. The second kappa shape index (κ2) is 10.8. The minimum atomic E-state index is -4.09. The minimum absolute atomic E-state index is 0.0762. The Morgan fingerprint density at radius 2 is 1.63 bits per heavy atom. The summed E-state index contributed by atoms with van der Waals surface area (Å²) < 4.78 is 29.8. The van der Waals surface area contributed by atoms with E-state index in [1.54, 1.807) is 37.3 Å². The van der Waals surface area contributed by atoms with Crippen LogP contribution < -0.4 is 14.1 Å². The van der Waals surface area contributed by atoms with Crippen LogP contribution in [0.3, 0.4) is 0 Å². The van der Waals surface area contributed by atoms with Crippen molar-refractivity contribution in [1.82, 2.24) is 5.09 Å². The van der Waals surface area contributed by atoms with Gasteiger partial charge in [0, 0.05) is 12.1 Å². The zero-order valence-corrected chi connectivity index (χ0v) is 17.9. The van der Waals surface area contributed by atoms with E-state index in [1.165, 1.54) is 31.2 Å². The molecule has 0 heterocycles. The molecule has 2 rings (SSSR count). The summed E-state index contributed by atoms with van der Waals surface area (Å²) in [6.07, 6.45) is 1.28. The SMILES string of the molecule is CCC[C@H](C)OC(=O)[C@H](C)NP(=O)(Oc1ccccc1)Oc1ccc([N+](=O)[O-])cc1. The van der Waals surface area contributed by atoms with Gasteiger partial charge in [-0.1, -0.05) is 31.5 Å². The van der Waals surface area contributed by atoms with Crippen LogP contribution in [0.2, 0.25) is 0 Å². The van der Waals surface area contributed by atoms with Crippen LogP contribution in [0.25, 0.3) is 0 Å². The summed E-state index contributed by atoms with van der Waals surface area (Å²) in [6, 6.07) is 12.3. The molecule has 3 atom stereocenters. The van der Waals surface area contributed by atoms with Gasteiger partial charge in [0.2, 0.25) is 0 Å². The van der Waals surface area contributed by atoms with E-state index in [4.69, 9.17) is 13.8 Å². The standard InChI is InChI=1S/C20H25N2O7P/c1-4-8-15(2)27-20(23)16(3)21-30(26,28-18-9-6-5-7-10-18)29-19-13-11-17(12-14-19)22(24)25/h5-7,9-16H,4,8H2,1-3H3,(H,21,26)/t15-,16-,30?/m0/s1. The molecule has 2 aromatic rings. The van der Waals surface area contributed by atoms with Crippen LogP contribution in [0.1, 0.15) is 33.6 Å². The fourth-order valence-corrected chi connectivity index (χ4v) is 4.04. The monoisotopic (exact) mass is 436 g/mol. The Labute approximate surface area is 175 Å². The van der Waals surface area contributed by atoms with Crippen molar-refractivity contribution in [2.24, 2.45) is 0 Å². The lowest BCUT2D eigenvalue weighted by atomic mass is 10.2. The van der Waals surface area contributed by atoms with Gasteiger partial charge in [-0.25, -0.2) is 4.57 Å². The summed E-state index contributed by atoms with van der Waals surface area (Å²) in [7, 11) is -4.09. The van der Waals surface area contributed by atoms with E-state index in [0.29, 0.717) is 6.42 Å². The molecular formula is C20H25N2O7P. The number of carbonyl (C=O) groups is 1. The summed E-state index contributed by atoms with van der Waals surface area (Å²) in [5, 5.41) is 13.4. The molecule has 9 nitrogen and oxygen atoms in total. The van der Waals surface area contributed by atoms with E-state index in [0.717, 1.165) is 6.42 Å². The largest absolute Gasteiger partial charge is 0.513 e. The van der Waals surface area contributed by atoms with Crippen molar-refractivity contribution in [2.45, 2.75) is 45.8 Å². The van der Waals surface area contributed by atoms with Gasteiger partial charge in [0.15, 0.2) is 0 Å². The first-order chi connectivity index (χ1) is 14.2. The highest BCUT2D eigenvalue weighted by molar-refractivity contribution is 7.52. The lowest BCUT2D eigenvalue weighted by Gasteiger charge is -2.24. The molecule has 162 valence electrons. The first-order valence-electron chi connectivity index (χ1n) is 9.49. The second-order valence-electron chi connectivity index (χ2n) is 6.63. The van der Waals surface area contributed by atoms with E-state index >= 15 is 0 Å². The van der Waals surface area contributed by atoms with Crippen molar-refractivity contribution in [3.05, 3.63) is 64.7 Å². The number of benzene rings is 2. The van der Waals surface area contributed by atoms with Gasteiger partial charge in [0.1, 0.15) is 17.5 Å². The zero-order chi connectivity index (χ0) is 22.1. The zero-order valence-electron chi connectivity index (χ0n) is 17.0. The molecule has 0 aliphatic heterocycles. The quantitative estimate of drug-likeness (QED) is 0.229. The van der Waals surface area contributed by atoms with Gasteiger partial charge in [-0.05, 0) is 44.5 Å². The van der Waals surface area contributed by atoms with Crippen LogP contribution in [-0.2, 0) is 14.1 Å². The number of nitro benzene ring substituents is 1. The molecule has 0 amide bonds. The Hall–Kier alpha value is -2.90. The Bertz CT molecular complexity index is 890. The second-order valence-corrected chi connectivity index (χ2v) is 8.25. The van der Waals surface area contributed by atoms with Crippen molar-refractivity contribution in [3.8, 4) is 11.5 Å². The first-order valence-corrected chi connectivity index (χ1v) is 11.0. The van der Waals surface area contributed by atoms with Crippen LogP contribution >= 0.6 is 7.75 Å². The summed E-state index contributed by atoms with van der Waals surface area (Å²) in [5.74, 6) is -0.261. The Kier molecular flexibility index (Phi) is 8.38. The van der Waals surface area contributed by atoms with Gasteiger partial charge in [0.25, 0.3) is 5.69 Å². The number of non-ortho nitro benzene ring substituents is 1. The number of para-hydroxylation sites is 1. The molecule has 0 aliphatic rings. The van der Waals surface area contributed by atoms with E-state index < -0.39 is 24.7 Å². The van der Waals surface area contributed by atoms with Gasteiger partial charge in [0.05, 0.1) is 11.0 Å². The normalized spacial score (nSPS) is 14.8. The number of nitro groups is 1. The van der Waals surface area contributed by atoms with Crippen LogP contribution in [0, 0.1) is 10.1 Å².